The number of halogens is 1. The van der Waals surface area contributed by atoms with Crippen LogP contribution in [-0.4, -0.2) is 18.8 Å². The van der Waals surface area contributed by atoms with Crippen LogP contribution in [0.1, 0.15) is 30.9 Å². The van der Waals surface area contributed by atoms with Gasteiger partial charge in [0.2, 0.25) is 0 Å². The molecule has 0 radical (unpaired) electrons. The zero-order valence-electron chi connectivity index (χ0n) is 11.7. The van der Waals surface area contributed by atoms with E-state index in [0.717, 1.165) is 11.1 Å². The quantitative estimate of drug-likeness (QED) is 0.588. The van der Waals surface area contributed by atoms with E-state index < -0.39 is 0 Å². The fourth-order valence-corrected chi connectivity index (χ4v) is 2.56. The van der Waals surface area contributed by atoms with Gasteiger partial charge in [-0.3, -0.25) is 11.3 Å². The van der Waals surface area contributed by atoms with Crippen molar-refractivity contribution < 1.29 is 9.13 Å². The second-order valence-corrected chi connectivity index (χ2v) is 5.31. The van der Waals surface area contributed by atoms with Gasteiger partial charge < -0.3 is 4.74 Å². The molecule has 0 saturated heterocycles. The normalized spacial score (nSPS) is 18.3. The molecular formula is C15H23FN2O. The number of nitrogens with two attached hydrogens (primary N) is 1. The van der Waals surface area contributed by atoms with E-state index in [1.165, 1.54) is 18.9 Å². The molecule has 2 rings (SSSR count). The minimum Gasteiger partial charge on any atom is -0.377 e. The van der Waals surface area contributed by atoms with E-state index in [-0.39, 0.29) is 18.0 Å². The molecule has 0 amide bonds. The molecule has 1 aliphatic rings. The molecule has 0 aliphatic heterocycles. The lowest BCUT2D eigenvalue weighted by molar-refractivity contribution is 0.0191. The monoisotopic (exact) mass is 266 g/mol. The third-order valence-electron chi connectivity index (χ3n) is 3.81. The number of aryl methyl sites for hydroxylation is 1. The molecule has 3 N–H and O–H groups in total. The average molecular weight is 266 g/mol. The van der Waals surface area contributed by atoms with Gasteiger partial charge in [-0.1, -0.05) is 6.07 Å². The predicted molar refractivity (Wildman–Crippen MR) is 74.1 cm³/mol. The van der Waals surface area contributed by atoms with E-state index in [4.69, 9.17) is 10.6 Å². The molecule has 3 nitrogen and oxygen atoms in total. The number of benzene rings is 1. The predicted octanol–water partition coefficient (Wildman–Crippen LogP) is 2.32. The molecule has 106 valence electrons. The van der Waals surface area contributed by atoms with E-state index in [9.17, 15) is 4.39 Å². The first-order chi connectivity index (χ1) is 9.15. The third kappa shape index (κ3) is 3.75. The van der Waals surface area contributed by atoms with Crippen LogP contribution in [0.25, 0.3) is 0 Å². The van der Waals surface area contributed by atoms with Gasteiger partial charge in [0.25, 0.3) is 0 Å². The van der Waals surface area contributed by atoms with Crippen molar-refractivity contribution in [3.8, 4) is 0 Å². The van der Waals surface area contributed by atoms with Crippen LogP contribution >= 0.6 is 0 Å². The summed E-state index contributed by atoms with van der Waals surface area (Å²) in [6.45, 7) is 4.67. The average Bonchev–Trinajstić information content (AvgIpc) is 3.22. The zero-order chi connectivity index (χ0) is 13.8. The van der Waals surface area contributed by atoms with Gasteiger partial charge >= 0.3 is 0 Å². The Kier molecular flexibility index (Phi) is 4.91. The Morgan fingerprint density at radius 2 is 2.21 bits per heavy atom. The Bertz CT molecular complexity index is 421. The Morgan fingerprint density at radius 1 is 1.47 bits per heavy atom. The van der Waals surface area contributed by atoms with Gasteiger partial charge in [-0.25, -0.2) is 4.39 Å². The van der Waals surface area contributed by atoms with Crippen LogP contribution in [0.2, 0.25) is 0 Å². The fraction of sp³-hybridized carbons (Fsp3) is 0.600. The second-order valence-electron chi connectivity index (χ2n) is 5.31. The van der Waals surface area contributed by atoms with Crippen molar-refractivity contribution in [3.63, 3.8) is 0 Å². The van der Waals surface area contributed by atoms with Crippen LogP contribution in [0, 0.1) is 18.7 Å². The molecule has 1 aliphatic carbocycles. The van der Waals surface area contributed by atoms with Gasteiger partial charge in [0.15, 0.2) is 0 Å². The molecule has 0 heterocycles. The minimum atomic E-state index is -0.198. The van der Waals surface area contributed by atoms with Gasteiger partial charge in [-0.15, -0.1) is 0 Å². The molecular weight excluding hydrogens is 243 g/mol. The molecule has 1 aromatic carbocycles. The van der Waals surface area contributed by atoms with Gasteiger partial charge in [0.1, 0.15) is 5.82 Å². The molecule has 0 bridgehead atoms. The van der Waals surface area contributed by atoms with Gasteiger partial charge in [-0.2, -0.15) is 0 Å². The second kappa shape index (κ2) is 6.46. The summed E-state index contributed by atoms with van der Waals surface area (Å²) in [4.78, 5) is 0. The van der Waals surface area contributed by atoms with Crippen molar-refractivity contribution in [2.45, 2.75) is 45.3 Å². The van der Waals surface area contributed by atoms with Crippen LogP contribution in [0.3, 0.4) is 0 Å². The molecule has 1 fully saturated rings. The van der Waals surface area contributed by atoms with Crippen LogP contribution in [-0.2, 0) is 11.2 Å². The van der Waals surface area contributed by atoms with Crippen molar-refractivity contribution in [2.75, 3.05) is 6.61 Å². The highest BCUT2D eigenvalue weighted by molar-refractivity contribution is 5.27. The molecule has 0 aromatic heterocycles. The number of nitrogens with one attached hydrogen (secondary N) is 1. The van der Waals surface area contributed by atoms with E-state index in [1.807, 2.05) is 19.9 Å². The first kappa shape index (κ1) is 14.4. The molecule has 1 saturated carbocycles. The van der Waals surface area contributed by atoms with Crippen LogP contribution < -0.4 is 11.3 Å². The highest BCUT2D eigenvalue weighted by atomic mass is 19.1. The summed E-state index contributed by atoms with van der Waals surface area (Å²) in [5, 5.41) is 0. The highest BCUT2D eigenvalue weighted by Crippen LogP contribution is 2.36. The highest BCUT2D eigenvalue weighted by Gasteiger charge is 2.37. The van der Waals surface area contributed by atoms with E-state index in [0.29, 0.717) is 18.9 Å². The Morgan fingerprint density at radius 3 is 2.79 bits per heavy atom. The Hall–Kier alpha value is -0.970. The van der Waals surface area contributed by atoms with Gasteiger partial charge in [-0.05, 0) is 62.3 Å². The topological polar surface area (TPSA) is 47.3 Å². The molecule has 2 unspecified atom stereocenters. The summed E-state index contributed by atoms with van der Waals surface area (Å²) < 4.78 is 19.2. The SMILES string of the molecule is CCOC(C1CC1)C(Cc1cc(F)ccc1C)NN. The lowest BCUT2D eigenvalue weighted by atomic mass is 9.96. The molecule has 1 aromatic rings. The maximum absolute atomic E-state index is 13.3. The first-order valence-corrected chi connectivity index (χ1v) is 6.98. The lowest BCUT2D eigenvalue weighted by Crippen LogP contribution is -2.47. The Labute approximate surface area is 114 Å². The number of hydrogen-bond acceptors (Lipinski definition) is 3. The Balaban J connectivity index is 2.10. The number of hydrazine groups is 1. The number of ether oxygens (including phenoxy) is 1. The summed E-state index contributed by atoms with van der Waals surface area (Å²) >= 11 is 0. The van der Waals surface area contributed by atoms with Crippen molar-refractivity contribution in [2.24, 2.45) is 11.8 Å². The lowest BCUT2D eigenvalue weighted by Gasteiger charge is -2.27. The summed E-state index contributed by atoms with van der Waals surface area (Å²) in [6.07, 6.45) is 3.22. The van der Waals surface area contributed by atoms with Gasteiger partial charge in [0, 0.05) is 6.61 Å². The standard InChI is InChI=1S/C15H23FN2O/c1-3-19-15(11-5-6-11)14(18-17)9-12-8-13(16)7-4-10(12)2/h4,7-8,11,14-15,18H,3,5-6,9,17H2,1-2H3. The number of hydrogen-bond donors (Lipinski definition) is 2. The largest absolute Gasteiger partial charge is 0.377 e. The smallest absolute Gasteiger partial charge is 0.123 e. The van der Waals surface area contributed by atoms with Crippen molar-refractivity contribution in [1.29, 1.82) is 0 Å². The molecule has 0 spiro atoms. The van der Waals surface area contributed by atoms with Crippen molar-refractivity contribution in [3.05, 3.63) is 35.1 Å². The van der Waals surface area contributed by atoms with Crippen molar-refractivity contribution in [1.82, 2.24) is 5.43 Å². The maximum atomic E-state index is 13.3. The van der Waals surface area contributed by atoms with Crippen molar-refractivity contribution >= 4 is 0 Å². The maximum Gasteiger partial charge on any atom is 0.123 e. The van der Waals surface area contributed by atoms with E-state index in [2.05, 4.69) is 5.43 Å². The summed E-state index contributed by atoms with van der Waals surface area (Å²) in [6, 6.07) is 4.93. The molecule has 19 heavy (non-hydrogen) atoms. The summed E-state index contributed by atoms with van der Waals surface area (Å²) in [7, 11) is 0. The molecule has 2 atom stereocenters. The van der Waals surface area contributed by atoms with E-state index in [1.54, 1.807) is 6.07 Å². The summed E-state index contributed by atoms with van der Waals surface area (Å²) in [5.74, 6) is 6.08. The summed E-state index contributed by atoms with van der Waals surface area (Å²) in [5.41, 5.74) is 4.94. The fourth-order valence-electron chi connectivity index (χ4n) is 2.56. The minimum absolute atomic E-state index is 0.0351. The zero-order valence-corrected chi connectivity index (χ0v) is 11.7. The van der Waals surface area contributed by atoms with Crippen LogP contribution in [0.15, 0.2) is 18.2 Å². The van der Waals surface area contributed by atoms with Crippen LogP contribution in [0.5, 0.6) is 0 Å². The van der Waals surface area contributed by atoms with E-state index >= 15 is 0 Å². The van der Waals surface area contributed by atoms with Gasteiger partial charge in [0.05, 0.1) is 12.1 Å². The first-order valence-electron chi connectivity index (χ1n) is 6.98. The third-order valence-corrected chi connectivity index (χ3v) is 3.81. The number of rotatable bonds is 7. The van der Waals surface area contributed by atoms with Crippen LogP contribution in [0.4, 0.5) is 4.39 Å². The molecule has 4 heteroatoms.